The van der Waals surface area contributed by atoms with E-state index in [0.717, 1.165) is 41.6 Å². The molecule has 110 valence electrons. The number of benzene rings is 1. The number of rotatable bonds is 3. The molecule has 1 heterocycles. The van der Waals surface area contributed by atoms with Crippen molar-refractivity contribution in [3.8, 4) is 0 Å². The Morgan fingerprint density at radius 2 is 2.25 bits per heavy atom. The summed E-state index contributed by atoms with van der Waals surface area (Å²) in [6.45, 7) is 6.77. The highest BCUT2D eigenvalue weighted by molar-refractivity contribution is 9.10. The third kappa shape index (κ3) is 3.38. The third-order valence-corrected chi connectivity index (χ3v) is 5.46. The van der Waals surface area contributed by atoms with Gasteiger partial charge in [-0.15, -0.1) is 0 Å². The van der Waals surface area contributed by atoms with Gasteiger partial charge in [0.05, 0.1) is 0 Å². The van der Waals surface area contributed by atoms with Gasteiger partial charge in [0, 0.05) is 28.1 Å². The first kappa shape index (κ1) is 14.8. The predicted octanol–water partition coefficient (Wildman–Crippen LogP) is 4.07. The molecule has 20 heavy (non-hydrogen) atoms. The lowest BCUT2D eigenvalue weighted by Gasteiger charge is -2.34. The Morgan fingerprint density at radius 3 is 2.95 bits per heavy atom. The molecule has 3 rings (SSSR count). The summed E-state index contributed by atoms with van der Waals surface area (Å²) in [7, 11) is 0. The number of hydrogen-bond donors (Lipinski definition) is 1. The summed E-state index contributed by atoms with van der Waals surface area (Å²) in [5.41, 5.74) is 1.52. The molecule has 0 spiro atoms. The Morgan fingerprint density at radius 1 is 1.45 bits per heavy atom. The minimum absolute atomic E-state index is 0.290. The van der Waals surface area contributed by atoms with Crippen LogP contribution >= 0.6 is 27.5 Å². The fourth-order valence-corrected chi connectivity index (χ4v) is 4.03. The molecule has 1 aliphatic carbocycles. The number of nitrogens with zero attached hydrogens (tertiary/aromatic N) is 1. The van der Waals surface area contributed by atoms with Gasteiger partial charge in [-0.25, -0.2) is 0 Å². The van der Waals surface area contributed by atoms with Gasteiger partial charge in [0.15, 0.2) is 0 Å². The zero-order chi connectivity index (χ0) is 14.2. The van der Waals surface area contributed by atoms with Crippen LogP contribution in [0.3, 0.4) is 0 Å². The van der Waals surface area contributed by atoms with Crippen molar-refractivity contribution in [1.82, 2.24) is 10.2 Å². The first-order chi connectivity index (χ1) is 9.57. The van der Waals surface area contributed by atoms with E-state index in [1.54, 1.807) is 0 Å². The van der Waals surface area contributed by atoms with Gasteiger partial charge in [-0.3, -0.25) is 4.90 Å². The van der Waals surface area contributed by atoms with Crippen molar-refractivity contribution in [2.45, 2.75) is 38.3 Å². The van der Waals surface area contributed by atoms with Crippen LogP contribution in [0.4, 0.5) is 0 Å². The molecule has 1 saturated heterocycles. The average Bonchev–Trinajstić information content (AvgIpc) is 3.21. The minimum atomic E-state index is 0.290. The molecule has 0 radical (unpaired) electrons. The first-order valence-corrected chi connectivity index (χ1v) is 8.65. The van der Waals surface area contributed by atoms with Gasteiger partial charge < -0.3 is 5.32 Å². The van der Waals surface area contributed by atoms with Crippen LogP contribution in [0.25, 0.3) is 0 Å². The second-order valence-corrected chi connectivity index (χ2v) is 7.74. The van der Waals surface area contributed by atoms with Crippen LogP contribution in [-0.2, 0) is 6.54 Å². The molecule has 1 aromatic carbocycles. The second-order valence-electron chi connectivity index (χ2n) is 6.42. The van der Waals surface area contributed by atoms with Gasteiger partial charge in [0.1, 0.15) is 0 Å². The molecular formula is C16H22BrClN2. The van der Waals surface area contributed by atoms with E-state index in [4.69, 9.17) is 11.6 Å². The maximum absolute atomic E-state index is 6.36. The lowest BCUT2D eigenvalue weighted by atomic mass is 9.95. The van der Waals surface area contributed by atoms with Crippen LogP contribution in [0.1, 0.15) is 31.7 Å². The zero-order valence-corrected chi connectivity index (χ0v) is 14.3. The number of halogens is 2. The van der Waals surface area contributed by atoms with Crippen LogP contribution < -0.4 is 5.32 Å². The Kier molecular flexibility index (Phi) is 4.42. The summed E-state index contributed by atoms with van der Waals surface area (Å²) in [5.74, 6) is 0.864. The van der Waals surface area contributed by atoms with E-state index in [2.05, 4.69) is 45.2 Å². The molecule has 1 atom stereocenters. The smallest absolute Gasteiger partial charge is 0.0462 e. The minimum Gasteiger partial charge on any atom is -0.310 e. The van der Waals surface area contributed by atoms with Gasteiger partial charge >= 0.3 is 0 Å². The summed E-state index contributed by atoms with van der Waals surface area (Å²) >= 11 is 9.83. The third-order valence-electron chi connectivity index (χ3n) is 4.62. The molecule has 1 N–H and O–H groups in total. The summed E-state index contributed by atoms with van der Waals surface area (Å²) in [5, 5.41) is 4.64. The quantitative estimate of drug-likeness (QED) is 0.877. The van der Waals surface area contributed by atoms with E-state index < -0.39 is 0 Å². The van der Waals surface area contributed by atoms with Gasteiger partial charge in [0.2, 0.25) is 0 Å². The van der Waals surface area contributed by atoms with E-state index in [0.29, 0.717) is 5.54 Å². The highest BCUT2D eigenvalue weighted by Crippen LogP contribution is 2.40. The SMILES string of the molecule is CC1(C2CC2)CN(Cc2ccc(Br)cc2Cl)CCCN1. The molecule has 2 fully saturated rings. The molecule has 1 unspecified atom stereocenters. The summed E-state index contributed by atoms with van der Waals surface area (Å²) in [4.78, 5) is 2.56. The van der Waals surface area contributed by atoms with Gasteiger partial charge in [-0.05, 0) is 62.9 Å². The highest BCUT2D eigenvalue weighted by atomic mass is 79.9. The molecular weight excluding hydrogens is 336 g/mol. The van der Waals surface area contributed by atoms with Crippen molar-refractivity contribution in [2.24, 2.45) is 5.92 Å². The fraction of sp³-hybridized carbons (Fsp3) is 0.625. The van der Waals surface area contributed by atoms with Crippen LogP contribution in [0, 0.1) is 5.92 Å². The van der Waals surface area contributed by atoms with E-state index in [1.165, 1.54) is 24.8 Å². The Labute approximate surface area is 135 Å². The maximum atomic E-state index is 6.36. The number of nitrogens with one attached hydrogen (secondary N) is 1. The molecule has 1 aliphatic heterocycles. The van der Waals surface area contributed by atoms with Crippen molar-refractivity contribution in [2.75, 3.05) is 19.6 Å². The Balaban J connectivity index is 1.72. The maximum Gasteiger partial charge on any atom is 0.0462 e. The summed E-state index contributed by atoms with van der Waals surface area (Å²) in [6.07, 6.45) is 3.99. The van der Waals surface area contributed by atoms with Crippen LogP contribution in [0.15, 0.2) is 22.7 Å². The predicted molar refractivity (Wildman–Crippen MR) is 88.2 cm³/mol. The Bertz CT molecular complexity index is 489. The largest absolute Gasteiger partial charge is 0.310 e. The average molecular weight is 358 g/mol. The highest BCUT2D eigenvalue weighted by Gasteiger charge is 2.42. The van der Waals surface area contributed by atoms with Crippen molar-refractivity contribution in [3.63, 3.8) is 0 Å². The lowest BCUT2D eigenvalue weighted by molar-refractivity contribution is 0.195. The molecule has 0 bridgehead atoms. The van der Waals surface area contributed by atoms with Gasteiger partial charge in [0.25, 0.3) is 0 Å². The standard InChI is InChI=1S/C16H22BrClN2/c1-16(13-4-5-13)11-20(8-2-7-19-16)10-12-3-6-14(17)9-15(12)18/h3,6,9,13,19H,2,4-5,7-8,10-11H2,1H3. The fourth-order valence-electron chi connectivity index (χ4n) is 3.30. The second kappa shape index (κ2) is 5.96. The van der Waals surface area contributed by atoms with E-state index in [-0.39, 0.29) is 0 Å². The molecule has 4 heteroatoms. The van der Waals surface area contributed by atoms with Crippen molar-refractivity contribution < 1.29 is 0 Å². The van der Waals surface area contributed by atoms with E-state index in [9.17, 15) is 0 Å². The lowest BCUT2D eigenvalue weighted by Crippen LogP contribution is -2.50. The normalized spacial score (nSPS) is 28.4. The first-order valence-electron chi connectivity index (χ1n) is 7.48. The van der Waals surface area contributed by atoms with Crippen molar-refractivity contribution in [1.29, 1.82) is 0 Å². The molecule has 2 nitrogen and oxygen atoms in total. The molecule has 1 aromatic rings. The Hall–Kier alpha value is -0.0900. The summed E-state index contributed by atoms with van der Waals surface area (Å²) < 4.78 is 1.05. The zero-order valence-electron chi connectivity index (χ0n) is 12.0. The van der Waals surface area contributed by atoms with Gasteiger partial charge in [-0.2, -0.15) is 0 Å². The molecule has 0 aromatic heterocycles. The van der Waals surface area contributed by atoms with Crippen molar-refractivity contribution >= 4 is 27.5 Å². The molecule has 0 amide bonds. The van der Waals surface area contributed by atoms with Crippen LogP contribution in [0.2, 0.25) is 5.02 Å². The van der Waals surface area contributed by atoms with Crippen molar-refractivity contribution in [3.05, 3.63) is 33.3 Å². The monoisotopic (exact) mass is 356 g/mol. The summed E-state index contributed by atoms with van der Waals surface area (Å²) in [6, 6.07) is 6.21. The number of hydrogen-bond acceptors (Lipinski definition) is 2. The van der Waals surface area contributed by atoms with E-state index >= 15 is 0 Å². The van der Waals surface area contributed by atoms with Crippen LogP contribution in [-0.4, -0.2) is 30.1 Å². The van der Waals surface area contributed by atoms with Gasteiger partial charge in [-0.1, -0.05) is 33.6 Å². The topological polar surface area (TPSA) is 15.3 Å². The molecule has 1 saturated carbocycles. The van der Waals surface area contributed by atoms with E-state index in [1.807, 2.05) is 6.07 Å². The molecule has 2 aliphatic rings. The van der Waals surface area contributed by atoms with Crippen LogP contribution in [0.5, 0.6) is 0 Å².